The second-order valence-corrected chi connectivity index (χ2v) is 8.01. The lowest BCUT2D eigenvalue weighted by Gasteiger charge is -2.26. The number of primary amides is 2. The summed E-state index contributed by atoms with van der Waals surface area (Å²) in [6.45, 7) is 1.14. The van der Waals surface area contributed by atoms with E-state index in [0.29, 0.717) is 5.56 Å². The monoisotopic (exact) mass is 510 g/mol. The van der Waals surface area contributed by atoms with Gasteiger partial charge in [0.25, 0.3) is 0 Å². The molecule has 15 nitrogen and oxygen atoms in total. The van der Waals surface area contributed by atoms with Crippen molar-refractivity contribution in [2.75, 3.05) is 0 Å². The zero-order valence-corrected chi connectivity index (χ0v) is 19.3. The average molecular weight is 511 g/mol. The molecule has 0 bridgehead atoms. The number of benzene rings is 1. The van der Waals surface area contributed by atoms with Crippen molar-refractivity contribution >= 4 is 35.5 Å². The lowest BCUT2D eigenvalue weighted by Crippen LogP contribution is -2.60. The minimum atomic E-state index is -1.72. The van der Waals surface area contributed by atoms with Crippen molar-refractivity contribution < 1.29 is 44.1 Å². The topological polar surface area (TPSA) is 277 Å². The summed E-state index contributed by atoms with van der Waals surface area (Å²) >= 11 is 0. The molecule has 0 aliphatic heterocycles. The highest BCUT2D eigenvalue weighted by atomic mass is 16.4. The molecule has 0 aromatic heterocycles. The Balaban J connectivity index is 3.12. The molecule has 5 amide bonds. The number of nitrogens with two attached hydrogens (primary N) is 3. The molecule has 0 saturated carbocycles. The first-order valence-corrected chi connectivity index (χ1v) is 10.6. The van der Waals surface area contributed by atoms with Gasteiger partial charge in [-0.15, -0.1) is 0 Å². The predicted molar refractivity (Wildman–Crippen MR) is 123 cm³/mol. The van der Waals surface area contributed by atoms with E-state index in [4.69, 9.17) is 17.2 Å². The first kappa shape index (κ1) is 29.8. The van der Waals surface area contributed by atoms with Crippen LogP contribution in [0.4, 0.5) is 0 Å². The summed E-state index contributed by atoms with van der Waals surface area (Å²) in [5.74, 6) is -6.49. The van der Waals surface area contributed by atoms with Crippen LogP contribution in [0, 0.1) is 0 Å². The number of carbonyl (C=O) groups is 6. The Morgan fingerprint density at radius 1 is 0.833 bits per heavy atom. The molecule has 1 rings (SSSR count). The van der Waals surface area contributed by atoms with Gasteiger partial charge in [-0.05, 0) is 24.6 Å². The predicted octanol–water partition coefficient (Wildman–Crippen LogP) is -4.07. The van der Waals surface area contributed by atoms with E-state index < -0.39 is 78.6 Å². The van der Waals surface area contributed by atoms with Crippen molar-refractivity contribution in [1.29, 1.82) is 0 Å². The van der Waals surface area contributed by atoms with Crippen molar-refractivity contribution in [2.45, 2.75) is 56.5 Å². The van der Waals surface area contributed by atoms with Gasteiger partial charge in [0, 0.05) is 6.42 Å². The number of amides is 5. The highest BCUT2D eigenvalue weighted by molar-refractivity contribution is 5.96. The Morgan fingerprint density at radius 3 is 1.83 bits per heavy atom. The van der Waals surface area contributed by atoms with E-state index in [2.05, 4.69) is 10.6 Å². The molecule has 5 unspecified atom stereocenters. The Hall–Kier alpha value is -4.24. The SMILES string of the molecule is CC(O)C(NC(=O)C(Cc1ccc(O)cc1)NC(=O)C(N)CC(N)=O)C(=O)NC(CC(N)=O)C(=O)O. The van der Waals surface area contributed by atoms with Crippen LogP contribution in [0.25, 0.3) is 0 Å². The van der Waals surface area contributed by atoms with Gasteiger partial charge in [-0.2, -0.15) is 0 Å². The Labute approximate surface area is 205 Å². The van der Waals surface area contributed by atoms with Crippen LogP contribution in [0.15, 0.2) is 24.3 Å². The largest absolute Gasteiger partial charge is 0.508 e. The van der Waals surface area contributed by atoms with Gasteiger partial charge in [0.05, 0.1) is 25.0 Å². The second-order valence-electron chi connectivity index (χ2n) is 8.01. The van der Waals surface area contributed by atoms with Gasteiger partial charge in [-0.25, -0.2) is 4.79 Å². The van der Waals surface area contributed by atoms with Gasteiger partial charge in [0.1, 0.15) is 23.9 Å². The maximum atomic E-state index is 13.0. The fraction of sp³-hybridized carbons (Fsp3) is 0.429. The fourth-order valence-electron chi connectivity index (χ4n) is 2.99. The molecule has 0 aliphatic rings. The Bertz CT molecular complexity index is 983. The summed E-state index contributed by atoms with van der Waals surface area (Å²) < 4.78 is 0. The van der Waals surface area contributed by atoms with E-state index in [1.807, 2.05) is 5.32 Å². The quantitative estimate of drug-likeness (QED) is 0.117. The van der Waals surface area contributed by atoms with Gasteiger partial charge < -0.3 is 48.5 Å². The van der Waals surface area contributed by atoms with E-state index in [0.717, 1.165) is 6.92 Å². The number of nitrogens with one attached hydrogen (secondary N) is 3. The van der Waals surface area contributed by atoms with Crippen LogP contribution >= 0.6 is 0 Å². The lowest BCUT2D eigenvalue weighted by molar-refractivity contribution is -0.144. The van der Waals surface area contributed by atoms with Crippen molar-refractivity contribution in [3.05, 3.63) is 29.8 Å². The number of aliphatic carboxylic acids is 1. The van der Waals surface area contributed by atoms with E-state index in [-0.39, 0.29) is 12.2 Å². The van der Waals surface area contributed by atoms with Crippen LogP contribution in [0.5, 0.6) is 5.75 Å². The molecule has 0 aliphatic carbocycles. The summed E-state index contributed by atoms with van der Waals surface area (Å²) in [5.41, 5.74) is 16.1. The van der Waals surface area contributed by atoms with E-state index in [9.17, 15) is 44.1 Å². The maximum Gasteiger partial charge on any atom is 0.326 e. The third kappa shape index (κ3) is 9.94. The molecule has 1 aromatic carbocycles. The van der Waals surface area contributed by atoms with Gasteiger partial charge in [0.15, 0.2) is 0 Å². The zero-order valence-electron chi connectivity index (χ0n) is 19.3. The van der Waals surface area contributed by atoms with Gasteiger partial charge in [0.2, 0.25) is 29.5 Å². The number of hydrogen-bond acceptors (Lipinski definition) is 9. The van der Waals surface area contributed by atoms with Crippen molar-refractivity contribution in [1.82, 2.24) is 16.0 Å². The third-order valence-corrected chi connectivity index (χ3v) is 4.85. The van der Waals surface area contributed by atoms with Crippen LogP contribution < -0.4 is 33.2 Å². The van der Waals surface area contributed by atoms with Crippen molar-refractivity contribution in [2.24, 2.45) is 17.2 Å². The van der Waals surface area contributed by atoms with Crippen LogP contribution in [-0.2, 0) is 35.2 Å². The van der Waals surface area contributed by atoms with E-state index >= 15 is 0 Å². The smallest absolute Gasteiger partial charge is 0.326 e. The molecule has 0 saturated heterocycles. The number of phenols is 1. The second kappa shape index (κ2) is 13.6. The summed E-state index contributed by atoms with van der Waals surface area (Å²) in [6.07, 6.45) is -2.93. The van der Waals surface area contributed by atoms with Crippen LogP contribution in [0.2, 0.25) is 0 Å². The van der Waals surface area contributed by atoms with Gasteiger partial charge in [-0.1, -0.05) is 12.1 Å². The van der Waals surface area contributed by atoms with E-state index in [1.54, 1.807) is 0 Å². The number of carbonyl (C=O) groups excluding carboxylic acids is 5. The number of carboxylic acids is 1. The number of aliphatic hydroxyl groups is 1. The molecular weight excluding hydrogens is 480 g/mol. The first-order chi connectivity index (χ1) is 16.7. The number of aromatic hydroxyl groups is 1. The molecule has 198 valence electrons. The number of aliphatic hydroxyl groups excluding tert-OH is 1. The highest BCUT2D eigenvalue weighted by Gasteiger charge is 2.33. The van der Waals surface area contributed by atoms with Crippen LogP contribution in [-0.4, -0.2) is 81.1 Å². The fourth-order valence-corrected chi connectivity index (χ4v) is 2.99. The molecule has 0 fully saturated rings. The molecule has 0 radical (unpaired) electrons. The number of carboxylic acid groups (broad SMARTS) is 1. The number of rotatable bonds is 14. The number of phenolic OH excluding ortho intramolecular Hbond substituents is 1. The van der Waals surface area contributed by atoms with Gasteiger partial charge >= 0.3 is 5.97 Å². The molecule has 0 spiro atoms. The minimum absolute atomic E-state index is 0.0537. The normalized spacial score (nSPS) is 14.9. The molecule has 0 heterocycles. The summed E-state index contributed by atoms with van der Waals surface area (Å²) in [5, 5.41) is 35.2. The average Bonchev–Trinajstić information content (AvgIpc) is 2.76. The number of hydrogen-bond donors (Lipinski definition) is 9. The van der Waals surface area contributed by atoms with Crippen molar-refractivity contribution in [3.8, 4) is 5.75 Å². The van der Waals surface area contributed by atoms with Crippen molar-refractivity contribution in [3.63, 3.8) is 0 Å². The lowest BCUT2D eigenvalue weighted by atomic mass is 10.0. The first-order valence-electron chi connectivity index (χ1n) is 10.6. The zero-order chi connectivity index (χ0) is 27.6. The maximum absolute atomic E-state index is 13.0. The van der Waals surface area contributed by atoms with Crippen LogP contribution in [0.3, 0.4) is 0 Å². The van der Waals surface area contributed by atoms with Gasteiger partial charge in [-0.3, -0.25) is 24.0 Å². The Morgan fingerprint density at radius 2 is 1.36 bits per heavy atom. The molecule has 1 aromatic rings. The summed E-state index contributed by atoms with van der Waals surface area (Å²) in [7, 11) is 0. The highest BCUT2D eigenvalue weighted by Crippen LogP contribution is 2.12. The summed E-state index contributed by atoms with van der Waals surface area (Å²) in [6, 6.07) is -0.562. The Kier molecular flexibility index (Phi) is 11.3. The van der Waals surface area contributed by atoms with Crippen LogP contribution in [0.1, 0.15) is 25.3 Å². The molecular formula is C21H30N6O9. The minimum Gasteiger partial charge on any atom is -0.508 e. The van der Waals surface area contributed by atoms with E-state index in [1.165, 1.54) is 24.3 Å². The standard InChI is InChI=1S/C21H30N6O9/c1-9(28)17(20(34)26-14(21(35)36)8-16(24)31)27-19(33)13(6-10-2-4-11(29)5-3-10)25-18(32)12(22)7-15(23)30/h2-5,9,12-14,17,28-29H,6-8,22H2,1H3,(H2,23,30)(H2,24,31)(H,25,32)(H,26,34)(H,27,33)(H,35,36). The molecule has 36 heavy (non-hydrogen) atoms. The molecule has 12 N–H and O–H groups in total. The molecule has 5 atom stereocenters. The third-order valence-electron chi connectivity index (χ3n) is 4.85. The molecule has 15 heteroatoms. The summed E-state index contributed by atoms with van der Waals surface area (Å²) in [4.78, 5) is 71.5.